The number of hydrogen-bond acceptors (Lipinski definition) is 9. The SMILES string of the molecule is CC(=O)COC(=O)NC1CCN(Cc2ccc(-c3cc4nccc(Oc5ccc(CC(=O)CC6CC6)cc5F)c4s3)nc2)CC1. The number of carbonyl (C=O) groups excluding carboxylic acids is 3. The molecule has 6 rings (SSSR count). The number of alkyl carbamates (subject to hydrolysis) is 1. The number of amides is 1. The number of pyridine rings is 2. The smallest absolute Gasteiger partial charge is 0.407 e. The summed E-state index contributed by atoms with van der Waals surface area (Å²) in [6.07, 6.45) is 7.62. The molecule has 11 heteroatoms. The second-order valence-corrected chi connectivity index (χ2v) is 12.9. The topological polar surface area (TPSA) is 111 Å². The molecule has 0 spiro atoms. The highest BCUT2D eigenvalue weighted by molar-refractivity contribution is 7.22. The molecule has 0 bridgehead atoms. The Morgan fingerprint density at radius 2 is 1.80 bits per heavy atom. The first-order valence-electron chi connectivity index (χ1n) is 15.3. The predicted octanol–water partition coefficient (Wildman–Crippen LogP) is 6.48. The molecule has 9 nitrogen and oxygen atoms in total. The highest BCUT2D eigenvalue weighted by atomic mass is 32.1. The highest BCUT2D eigenvalue weighted by Crippen LogP contribution is 2.39. The number of piperidine rings is 1. The number of carbonyl (C=O) groups is 3. The van der Waals surface area contributed by atoms with Crippen LogP contribution in [-0.4, -0.2) is 58.3 Å². The van der Waals surface area contributed by atoms with Gasteiger partial charge in [-0.25, -0.2) is 9.18 Å². The summed E-state index contributed by atoms with van der Waals surface area (Å²) in [6, 6.07) is 12.5. The van der Waals surface area contributed by atoms with Crippen molar-refractivity contribution in [2.24, 2.45) is 5.92 Å². The van der Waals surface area contributed by atoms with Crippen LogP contribution in [-0.2, 0) is 27.3 Å². The van der Waals surface area contributed by atoms with E-state index in [2.05, 4.69) is 21.3 Å². The van der Waals surface area contributed by atoms with E-state index in [1.54, 1.807) is 24.4 Å². The van der Waals surface area contributed by atoms with Crippen LogP contribution in [0.1, 0.15) is 50.2 Å². The molecule has 1 saturated heterocycles. The van der Waals surface area contributed by atoms with E-state index in [9.17, 15) is 18.8 Å². The summed E-state index contributed by atoms with van der Waals surface area (Å²) < 4.78 is 26.7. The van der Waals surface area contributed by atoms with E-state index in [1.807, 2.05) is 18.3 Å². The van der Waals surface area contributed by atoms with Crippen LogP contribution < -0.4 is 10.1 Å². The van der Waals surface area contributed by atoms with Crippen molar-refractivity contribution >= 4 is 39.2 Å². The minimum atomic E-state index is -0.548. The summed E-state index contributed by atoms with van der Waals surface area (Å²) in [5.41, 5.74) is 3.29. The molecule has 2 aliphatic rings. The molecule has 1 N–H and O–H groups in total. The number of halogens is 1. The first-order chi connectivity index (χ1) is 21.8. The summed E-state index contributed by atoms with van der Waals surface area (Å²) in [5, 5.41) is 2.84. The van der Waals surface area contributed by atoms with Crippen molar-refractivity contribution in [3.63, 3.8) is 0 Å². The lowest BCUT2D eigenvalue weighted by molar-refractivity contribution is -0.120. The van der Waals surface area contributed by atoms with E-state index in [1.165, 1.54) is 24.3 Å². The third-order valence-electron chi connectivity index (χ3n) is 8.01. The maximum absolute atomic E-state index is 15.0. The van der Waals surface area contributed by atoms with Gasteiger partial charge in [-0.15, -0.1) is 11.3 Å². The normalized spacial score (nSPS) is 15.6. The average molecular weight is 631 g/mol. The fourth-order valence-corrected chi connectivity index (χ4v) is 6.50. The Hall–Kier alpha value is -4.22. The number of hydrogen-bond donors (Lipinski definition) is 1. The molecule has 4 aromatic rings. The van der Waals surface area contributed by atoms with E-state index in [0.29, 0.717) is 23.7 Å². The number of likely N-dealkylation sites (tertiary alicyclic amines) is 1. The summed E-state index contributed by atoms with van der Waals surface area (Å²) in [6.45, 7) is 3.57. The summed E-state index contributed by atoms with van der Waals surface area (Å²) in [5.74, 6) is 0.585. The fourth-order valence-electron chi connectivity index (χ4n) is 5.45. The van der Waals surface area contributed by atoms with Crippen molar-refractivity contribution in [1.82, 2.24) is 20.2 Å². The number of nitrogens with zero attached hydrogens (tertiary/aromatic N) is 3. The van der Waals surface area contributed by atoms with Crippen LogP contribution in [0.4, 0.5) is 9.18 Å². The minimum Gasteiger partial charge on any atom is -0.453 e. The maximum Gasteiger partial charge on any atom is 0.407 e. The van der Waals surface area contributed by atoms with Gasteiger partial charge < -0.3 is 14.8 Å². The third kappa shape index (κ3) is 8.29. The number of Topliss-reactive ketones (excluding diaryl/α,β-unsaturated/α-hetero) is 2. The molecule has 0 radical (unpaired) electrons. The number of thiophene rings is 1. The first kappa shape index (κ1) is 30.8. The quantitative estimate of drug-likeness (QED) is 0.189. The van der Waals surface area contributed by atoms with Crippen molar-refractivity contribution in [3.8, 4) is 22.1 Å². The van der Waals surface area contributed by atoms with Crippen molar-refractivity contribution < 1.29 is 28.2 Å². The van der Waals surface area contributed by atoms with Gasteiger partial charge in [-0.2, -0.15) is 0 Å². The molecule has 234 valence electrons. The van der Waals surface area contributed by atoms with Gasteiger partial charge in [0.1, 0.15) is 11.5 Å². The Bertz CT molecular complexity index is 1700. The monoisotopic (exact) mass is 630 g/mol. The van der Waals surface area contributed by atoms with Crippen LogP contribution in [0.25, 0.3) is 20.8 Å². The zero-order valence-electron chi connectivity index (χ0n) is 25.1. The average Bonchev–Trinajstić information content (AvgIpc) is 3.72. The molecule has 0 unspecified atom stereocenters. The van der Waals surface area contributed by atoms with E-state index in [0.717, 1.165) is 71.7 Å². The molecule has 4 heterocycles. The van der Waals surface area contributed by atoms with Crippen molar-refractivity contribution in [2.45, 2.75) is 58.0 Å². The van der Waals surface area contributed by atoms with Crippen LogP contribution in [0.2, 0.25) is 0 Å². The molecule has 0 atom stereocenters. The largest absolute Gasteiger partial charge is 0.453 e. The first-order valence-corrected chi connectivity index (χ1v) is 16.1. The Kier molecular flexibility index (Phi) is 9.46. The zero-order chi connectivity index (χ0) is 31.3. The standard InChI is InChI=1S/C34H35FN4O5S/c1-21(40)20-43-34(42)38-25-9-12-39(13-10-25)19-24-4-6-28(37-18-24)32-17-29-33(45-32)31(8-11-36-29)44-30-7-5-23(16-27(30)35)15-26(41)14-22-2-3-22/h4-8,11,16-18,22,25H,2-3,9-10,12-15,19-20H2,1H3,(H,38,42). The minimum absolute atomic E-state index is 0.0276. The third-order valence-corrected chi connectivity index (χ3v) is 9.17. The molecular formula is C34H35FN4O5S. The second-order valence-electron chi connectivity index (χ2n) is 11.9. The lowest BCUT2D eigenvalue weighted by atomic mass is 10.0. The van der Waals surface area contributed by atoms with Crippen molar-refractivity contribution in [1.29, 1.82) is 0 Å². The molecule has 1 saturated carbocycles. The van der Waals surface area contributed by atoms with Gasteiger partial charge in [-0.3, -0.25) is 24.5 Å². The van der Waals surface area contributed by atoms with Crippen LogP contribution >= 0.6 is 11.3 Å². The Labute approximate surface area is 264 Å². The molecule has 1 aliphatic heterocycles. The Morgan fingerprint density at radius 3 is 2.51 bits per heavy atom. The number of fused-ring (bicyclic) bond motifs is 1. The molecule has 3 aromatic heterocycles. The van der Waals surface area contributed by atoms with E-state index < -0.39 is 11.9 Å². The van der Waals surface area contributed by atoms with Gasteiger partial charge in [-0.1, -0.05) is 12.1 Å². The Balaban J connectivity index is 1.05. The summed E-state index contributed by atoms with van der Waals surface area (Å²) in [7, 11) is 0. The van der Waals surface area contributed by atoms with Gasteiger partial charge in [0.15, 0.2) is 24.0 Å². The maximum atomic E-state index is 15.0. The van der Waals surface area contributed by atoms with Crippen molar-refractivity contribution in [3.05, 3.63) is 71.8 Å². The van der Waals surface area contributed by atoms with Gasteiger partial charge >= 0.3 is 6.09 Å². The van der Waals surface area contributed by atoms with Gasteiger partial charge in [0, 0.05) is 57.0 Å². The molecule has 45 heavy (non-hydrogen) atoms. The number of nitrogens with one attached hydrogen (secondary N) is 1. The van der Waals surface area contributed by atoms with E-state index in [-0.39, 0.29) is 36.4 Å². The lowest BCUT2D eigenvalue weighted by Gasteiger charge is -2.32. The molecule has 1 aliphatic carbocycles. The summed E-state index contributed by atoms with van der Waals surface area (Å²) in [4.78, 5) is 47.5. The number of aromatic nitrogens is 2. The van der Waals surface area contributed by atoms with Crippen LogP contribution in [0, 0.1) is 11.7 Å². The zero-order valence-corrected chi connectivity index (χ0v) is 25.9. The van der Waals surface area contributed by atoms with E-state index in [4.69, 9.17) is 14.5 Å². The number of ether oxygens (including phenoxy) is 2. The van der Waals surface area contributed by atoms with E-state index >= 15 is 0 Å². The highest BCUT2D eigenvalue weighted by Gasteiger charge is 2.25. The molecule has 2 fully saturated rings. The second kappa shape index (κ2) is 13.8. The van der Waals surface area contributed by atoms with Gasteiger partial charge in [0.25, 0.3) is 0 Å². The van der Waals surface area contributed by atoms with Crippen LogP contribution in [0.15, 0.2) is 54.9 Å². The fraction of sp³-hybridized carbons (Fsp3) is 0.382. The van der Waals surface area contributed by atoms with Gasteiger partial charge in [0.2, 0.25) is 0 Å². The Morgan fingerprint density at radius 1 is 1.00 bits per heavy atom. The van der Waals surface area contributed by atoms with Crippen molar-refractivity contribution in [2.75, 3.05) is 19.7 Å². The lowest BCUT2D eigenvalue weighted by Crippen LogP contribution is -2.44. The number of ketones is 2. The summed E-state index contributed by atoms with van der Waals surface area (Å²) >= 11 is 1.49. The van der Waals surface area contributed by atoms with Crippen LogP contribution in [0.3, 0.4) is 0 Å². The number of rotatable bonds is 12. The van der Waals surface area contributed by atoms with Gasteiger partial charge in [-0.05, 0) is 73.9 Å². The number of benzene rings is 1. The molecule has 1 amide bonds. The predicted molar refractivity (Wildman–Crippen MR) is 169 cm³/mol. The van der Waals surface area contributed by atoms with Crippen LogP contribution in [0.5, 0.6) is 11.5 Å². The molecular weight excluding hydrogens is 595 g/mol. The molecule has 1 aromatic carbocycles. The van der Waals surface area contributed by atoms with Gasteiger partial charge in [0.05, 0.1) is 20.8 Å².